The normalized spacial score (nSPS) is 16.8. The molecule has 2 aliphatic carbocycles. The first-order valence-corrected chi connectivity index (χ1v) is 12.1. The summed E-state index contributed by atoms with van der Waals surface area (Å²) in [5.74, 6) is 1.41. The minimum atomic E-state index is -0.526. The van der Waals surface area contributed by atoms with Crippen LogP contribution >= 0.6 is 0 Å². The summed E-state index contributed by atoms with van der Waals surface area (Å²) >= 11 is 0. The number of anilines is 1. The van der Waals surface area contributed by atoms with Gasteiger partial charge < -0.3 is 24.7 Å². The Kier molecular flexibility index (Phi) is 6.86. The highest BCUT2D eigenvalue weighted by Crippen LogP contribution is 2.50. The van der Waals surface area contributed by atoms with Gasteiger partial charge in [-0.3, -0.25) is 0 Å². The Hall–Kier alpha value is -3.03. The van der Waals surface area contributed by atoms with Crippen molar-refractivity contribution in [1.29, 1.82) is 0 Å². The second-order valence-electron chi connectivity index (χ2n) is 10.5. The fourth-order valence-corrected chi connectivity index (χ4v) is 4.74. The number of carbonyl (C=O) groups excluding carboxylic acids is 2. The molecule has 2 aromatic rings. The van der Waals surface area contributed by atoms with Crippen molar-refractivity contribution in [3.05, 3.63) is 36.3 Å². The van der Waals surface area contributed by atoms with E-state index in [0.717, 1.165) is 11.3 Å². The SMILES string of the molecule is COC(=O)c1ncn(C)c1-c1ccc(NC[C@@H](NC(=O)OC(C)(C)C)C(C2CC2)C2CC2)cc1. The average molecular weight is 469 g/mol. The third kappa shape index (κ3) is 5.90. The van der Waals surface area contributed by atoms with E-state index in [4.69, 9.17) is 9.47 Å². The maximum Gasteiger partial charge on any atom is 0.407 e. The van der Waals surface area contributed by atoms with Crippen LogP contribution in [0.2, 0.25) is 0 Å². The van der Waals surface area contributed by atoms with E-state index in [1.807, 2.05) is 56.7 Å². The van der Waals surface area contributed by atoms with Crippen molar-refractivity contribution in [3.63, 3.8) is 0 Å². The van der Waals surface area contributed by atoms with Gasteiger partial charge in [0, 0.05) is 24.8 Å². The fraction of sp³-hybridized carbons (Fsp3) is 0.577. The summed E-state index contributed by atoms with van der Waals surface area (Å²) in [4.78, 5) is 28.8. The van der Waals surface area contributed by atoms with Crippen LogP contribution in [0.3, 0.4) is 0 Å². The number of alkyl carbamates (subject to hydrolysis) is 1. The largest absolute Gasteiger partial charge is 0.464 e. The number of nitrogens with one attached hydrogen (secondary N) is 2. The van der Waals surface area contributed by atoms with Crippen LogP contribution in [0.15, 0.2) is 30.6 Å². The predicted octanol–water partition coefficient (Wildman–Crippen LogP) is 4.62. The first-order chi connectivity index (χ1) is 16.2. The highest BCUT2D eigenvalue weighted by atomic mass is 16.6. The lowest BCUT2D eigenvalue weighted by Crippen LogP contribution is -2.48. The van der Waals surface area contributed by atoms with Gasteiger partial charge in [-0.25, -0.2) is 14.6 Å². The summed E-state index contributed by atoms with van der Waals surface area (Å²) in [6, 6.07) is 7.90. The third-order valence-electron chi connectivity index (χ3n) is 6.50. The lowest BCUT2D eigenvalue weighted by molar-refractivity contribution is 0.0480. The molecule has 2 saturated carbocycles. The number of ether oxygens (including phenoxy) is 2. The zero-order chi connectivity index (χ0) is 24.5. The summed E-state index contributed by atoms with van der Waals surface area (Å²) in [7, 11) is 3.20. The van der Waals surface area contributed by atoms with Crippen molar-refractivity contribution in [2.75, 3.05) is 19.0 Å². The number of methoxy groups -OCH3 is 1. The predicted molar refractivity (Wildman–Crippen MR) is 131 cm³/mol. The molecule has 0 radical (unpaired) electrons. The maximum absolute atomic E-state index is 12.6. The third-order valence-corrected chi connectivity index (χ3v) is 6.50. The first-order valence-electron chi connectivity index (χ1n) is 12.1. The zero-order valence-corrected chi connectivity index (χ0v) is 20.8. The molecule has 2 fully saturated rings. The lowest BCUT2D eigenvalue weighted by atomic mass is 9.89. The molecule has 0 spiro atoms. The quantitative estimate of drug-likeness (QED) is 0.522. The molecule has 1 amide bonds. The van der Waals surface area contributed by atoms with Crippen LogP contribution in [0, 0.1) is 17.8 Å². The van der Waals surface area contributed by atoms with Gasteiger partial charge >= 0.3 is 12.1 Å². The Labute approximate surface area is 201 Å². The molecule has 184 valence electrons. The molecule has 0 aliphatic heterocycles. The molecule has 0 saturated heterocycles. The molecule has 34 heavy (non-hydrogen) atoms. The molecular weight excluding hydrogens is 432 g/mol. The molecule has 0 bridgehead atoms. The van der Waals surface area contributed by atoms with E-state index in [2.05, 4.69) is 15.6 Å². The van der Waals surface area contributed by atoms with Gasteiger partial charge in [0.2, 0.25) is 0 Å². The molecule has 8 nitrogen and oxygen atoms in total. The van der Waals surface area contributed by atoms with Crippen molar-refractivity contribution in [2.24, 2.45) is 24.8 Å². The number of imidazole rings is 1. The van der Waals surface area contributed by atoms with E-state index in [1.54, 1.807) is 6.33 Å². The van der Waals surface area contributed by atoms with Crippen LogP contribution in [0.1, 0.15) is 56.9 Å². The minimum absolute atomic E-state index is 0.0116. The second kappa shape index (κ2) is 9.68. The van der Waals surface area contributed by atoms with Crippen molar-refractivity contribution in [3.8, 4) is 11.3 Å². The number of rotatable bonds is 9. The molecule has 0 unspecified atom stereocenters. The summed E-state index contributed by atoms with van der Waals surface area (Å²) in [6.45, 7) is 6.28. The highest BCUT2D eigenvalue weighted by molar-refractivity contribution is 5.94. The molecular formula is C26H36N4O4. The van der Waals surface area contributed by atoms with E-state index in [-0.39, 0.29) is 12.1 Å². The Morgan fingerprint density at radius 1 is 1.12 bits per heavy atom. The fourth-order valence-electron chi connectivity index (χ4n) is 4.74. The van der Waals surface area contributed by atoms with Gasteiger partial charge in [-0.05, 0) is 76.3 Å². The Morgan fingerprint density at radius 2 is 1.74 bits per heavy atom. The lowest BCUT2D eigenvalue weighted by Gasteiger charge is -2.30. The second-order valence-corrected chi connectivity index (χ2v) is 10.5. The van der Waals surface area contributed by atoms with Crippen LogP contribution in [-0.4, -0.2) is 46.9 Å². The van der Waals surface area contributed by atoms with Gasteiger partial charge in [-0.15, -0.1) is 0 Å². The Bertz CT molecular complexity index is 1000. The Morgan fingerprint density at radius 3 is 2.26 bits per heavy atom. The van der Waals surface area contributed by atoms with Crippen molar-refractivity contribution in [2.45, 2.75) is 58.1 Å². The number of hydrogen-bond acceptors (Lipinski definition) is 6. The molecule has 1 aromatic carbocycles. The number of esters is 1. The van der Waals surface area contributed by atoms with E-state index < -0.39 is 11.6 Å². The monoisotopic (exact) mass is 468 g/mol. The molecule has 4 rings (SSSR count). The van der Waals surface area contributed by atoms with Gasteiger partial charge in [0.25, 0.3) is 0 Å². The van der Waals surface area contributed by atoms with Crippen LogP contribution in [0.25, 0.3) is 11.3 Å². The summed E-state index contributed by atoms with van der Waals surface area (Å²) in [5, 5.41) is 6.68. The standard InChI is InChI=1S/C26H36N4O4/c1-26(2,3)34-25(32)29-20(21(16-6-7-16)17-8-9-17)14-27-19-12-10-18(11-13-19)23-22(24(31)33-5)28-15-30(23)4/h10-13,15-17,20-21,27H,6-9,14H2,1-5H3,(H,29,32)/t20-/m1/s1. The van der Waals surface area contributed by atoms with E-state index in [1.165, 1.54) is 32.8 Å². The summed E-state index contributed by atoms with van der Waals surface area (Å²) < 4.78 is 12.2. The minimum Gasteiger partial charge on any atom is -0.464 e. The number of aromatic nitrogens is 2. The van der Waals surface area contributed by atoms with Crippen molar-refractivity contribution >= 4 is 17.7 Å². The number of aryl methyl sites for hydroxylation is 1. The smallest absolute Gasteiger partial charge is 0.407 e. The molecule has 1 heterocycles. The van der Waals surface area contributed by atoms with Crippen molar-refractivity contribution in [1.82, 2.24) is 14.9 Å². The Balaban J connectivity index is 1.46. The van der Waals surface area contributed by atoms with Gasteiger partial charge in [0.05, 0.1) is 25.2 Å². The van der Waals surface area contributed by atoms with Crippen LogP contribution < -0.4 is 10.6 Å². The van der Waals surface area contributed by atoms with E-state index in [0.29, 0.717) is 35.7 Å². The maximum atomic E-state index is 12.6. The van der Waals surface area contributed by atoms with Crippen LogP contribution in [0.4, 0.5) is 10.5 Å². The molecule has 2 N–H and O–H groups in total. The highest BCUT2D eigenvalue weighted by Gasteiger charge is 2.46. The molecule has 1 aromatic heterocycles. The number of carbonyl (C=O) groups is 2. The number of nitrogens with zero attached hydrogens (tertiary/aromatic N) is 2. The number of hydrogen-bond donors (Lipinski definition) is 2. The van der Waals surface area contributed by atoms with Gasteiger partial charge in [0.1, 0.15) is 5.60 Å². The molecule has 1 atom stereocenters. The molecule has 2 aliphatic rings. The average Bonchev–Trinajstić information content (AvgIpc) is 3.71. The van der Waals surface area contributed by atoms with Crippen LogP contribution in [0.5, 0.6) is 0 Å². The van der Waals surface area contributed by atoms with Gasteiger partial charge in [0.15, 0.2) is 5.69 Å². The topological polar surface area (TPSA) is 94.5 Å². The van der Waals surface area contributed by atoms with Gasteiger partial charge in [-0.2, -0.15) is 0 Å². The number of amides is 1. The summed E-state index contributed by atoms with van der Waals surface area (Å²) in [6.07, 6.45) is 6.24. The van der Waals surface area contributed by atoms with Crippen LogP contribution in [-0.2, 0) is 16.5 Å². The molecule has 8 heteroatoms. The first kappa shape index (κ1) is 24.1. The number of benzene rings is 1. The van der Waals surface area contributed by atoms with E-state index in [9.17, 15) is 9.59 Å². The summed E-state index contributed by atoms with van der Waals surface area (Å²) in [5.41, 5.74) is 2.31. The van der Waals surface area contributed by atoms with Gasteiger partial charge in [-0.1, -0.05) is 12.1 Å². The van der Waals surface area contributed by atoms with Crippen molar-refractivity contribution < 1.29 is 19.1 Å². The van der Waals surface area contributed by atoms with E-state index >= 15 is 0 Å². The zero-order valence-electron chi connectivity index (χ0n) is 20.8.